The van der Waals surface area contributed by atoms with Crippen LogP contribution in [0.5, 0.6) is 0 Å². The van der Waals surface area contributed by atoms with Crippen molar-refractivity contribution >= 4 is 17.5 Å². The van der Waals surface area contributed by atoms with E-state index in [1.807, 2.05) is 44.2 Å². The molecule has 2 aromatic rings. The van der Waals surface area contributed by atoms with E-state index in [4.69, 9.17) is 0 Å². The first kappa shape index (κ1) is 13.8. The average Bonchev–Trinajstić information content (AvgIpc) is 2.46. The summed E-state index contributed by atoms with van der Waals surface area (Å²) in [5, 5.41) is 0. The molecule has 0 radical (unpaired) electrons. The summed E-state index contributed by atoms with van der Waals surface area (Å²) in [6, 6.07) is 14.2. The second-order valence-electron chi connectivity index (χ2n) is 4.35. The molecule has 0 saturated carbocycles. The summed E-state index contributed by atoms with van der Waals surface area (Å²) in [6.45, 7) is 3.79. The first-order chi connectivity index (χ1) is 9.20. The van der Waals surface area contributed by atoms with Crippen molar-refractivity contribution in [2.45, 2.75) is 30.9 Å². The van der Waals surface area contributed by atoms with Gasteiger partial charge in [0.05, 0.1) is 0 Å². The van der Waals surface area contributed by atoms with Crippen molar-refractivity contribution in [2.24, 2.45) is 0 Å². The highest BCUT2D eigenvalue weighted by Crippen LogP contribution is 2.26. The van der Waals surface area contributed by atoms with E-state index in [-0.39, 0.29) is 5.78 Å². The van der Waals surface area contributed by atoms with Gasteiger partial charge in [-0.3, -0.25) is 4.79 Å². The van der Waals surface area contributed by atoms with E-state index < -0.39 is 0 Å². The zero-order valence-corrected chi connectivity index (χ0v) is 12.0. The van der Waals surface area contributed by atoms with E-state index in [0.29, 0.717) is 12.1 Å². The maximum Gasteiger partial charge on any atom is 0.182 e. The number of rotatable bonds is 5. The summed E-state index contributed by atoms with van der Waals surface area (Å²) < 4.78 is 0. The molecule has 2 rings (SSSR count). The number of pyridine rings is 1. The molecule has 0 unspecified atom stereocenters. The van der Waals surface area contributed by atoms with Gasteiger partial charge in [0.1, 0.15) is 5.69 Å². The predicted octanol–water partition coefficient (Wildman–Crippen LogP) is 4.28. The molecule has 0 N–H and O–H groups in total. The summed E-state index contributed by atoms with van der Waals surface area (Å²) in [4.78, 5) is 17.3. The van der Waals surface area contributed by atoms with Crippen molar-refractivity contribution in [1.82, 2.24) is 4.98 Å². The number of benzene rings is 1. The summed E-state index contributed by atoms with van der Waals surface area (Å²) >= 11 is 1.67. The third-order valence-electron chi connectivity index (χ3n) is 2.82. The highest BCUT2D eigenvalue weighted by Gasteiger charge is 2.12. The molecule has 0 aliphatic heterocycles. The molecule has 19 heavy (non-hydrogen) atoms. The fourth-order valence-corrected chi connectivity index (χ4v) is 2.74. The summed E-state index contributed by atoms with van der Waals surface area (Å²) in [6.07, 6.45) is 0.495. The topological polar surface area (TPSA) is 30.0 Å². The molecule has 1 heterocycles. The van der Waals surface area contributed by atoms with Gasteiger partial charge in [-0.15, -0.1) is 11.8 Å². The van der Waals surface area contributed by atoms with Crippen molar-refractivity contribution in [3.8, 4) is 0 Å². The lowest BCUT2D eigenvalue weighted by Crippen LogP contribution is -2.04. The van der Waals surface area contributed by atoms with Gasteiger partial charge in [-0.25, -0.2) is 4.98 Å². The quantitative estimate of drug-likeness (QED) is 0.600. The molecule has 0 spiro atoms. The van der Waals surface area contributed by atoms with Crippen LogP contribution in [0.25, 0.3) is 0 Å². The summed E-state index contributed by atoms with van der Waals surface area (Å²) in [7, 11) is 0. The van der Waals surface area contributed by atoms with Crippen molar-refractivity contribution in [3.05, 3.63) is 59.4 Å². The second kappa shape index (κ2) is 6.53. The summed E-state index contributed by atoms with van der Waals surface area (Å²) in [5.41, 5.74) is 2.76. The third-order valence-corrected chi connectivity index (χ3v) is 3.94. The van der Waals surface area contributed by atoms with Crippen molar-refractivity contribution in [2.75, 3.05) is 0 Å². The highest BCUT2D eigenvalue weighted by atomic mass is 32.2. The molecule has 0 bridgehead atoms. The van der Waals surface area contributed by atoms with Gasteiger partial charge in [0.25, 0.3) is 0 Å². The molecule has 98 valence electrons. The van der Waals surface area contributed by atoms with Crippen LogP contribution in [0.4, 0.5) is 0 Å². The highest BCUT2D eigenvalue weighted by molar-refractivity contribution is 7.98. The molecule has 3 heteroatoms. The number of carbonyl (C=O) groups is 1. The van der Waals surface area contributed by atoms with Gasteiger partial charge in [0.2, 0.25) is 0 Å². The lowest BCUT2D eigenvalue weighted by molar-refractivity contribution is 0.0980. The number of aromatic nitrogens is 1. The zero-order valence-electron chi connectivity index (χ0n) is 11.2. The van der Waals surface area contributed by atoms with Crippen LogP contribution in [0.15, 0.2) is 47.4 Å². The van der Waals surface area contributed by atoms with Gasteiger partial charge in [0.15, 0.2) is 5.78 Å². The van der Waals surface area contributed by atoms with E-state index >= 15 is 0 Å². The van der Waals surface area contributed by atoms with Gasteiger partial charge in [-0.05, 0) is 24.6 Å². The smallest absolute Gasteiger partial charge is 0.182 e. The molecule has 0 amide bonds. The maximum absolute atomic E-state index is 11.9. The molecule has 2 nitrogen and oxygen atoms in total. The van der Waals surface area contributed by atoms with Gasteiger partial charge in [-0.2, -0.15) is 0 Å². The number of aryl methyl sites for hydroxylation is 1. The Morgan fingerprint density at radius 3 is 2.58 bits per heavy atom. The standard InChI is InChI=1S/C16H17NOS/c1-3-14(18)16-15(10-9-12(2)17-16)19-11-13-7-5-4-6-8-13/h4-10H,3,11H2,1-2H3. The Bertz CT molecular complexity index is 566. The molecule has 0 saturated heterocycles. The van der Waals surface area contributed by atoms with Crippen LogP contribution < -0.4 is 0 Å². The van der Waals surface area contributed by atoms with E-state index in [0.717, 1.165) is 16.3 Å². The maximum atomic E-state index is 11.9. The SMILES string of the molecule is CCC(=O)c1nc(C)ccc1SCc1ccccc1. The zero-order chi connectivity index (χ0) is 13.7. The number of hydrogen-bond acceptors (Lipinski definition) is 3. The first-order valence-electron chi connectivity index (χ1n) is 6.38. The van der Waals surface area contributed by atoms with Crippen LogP contribution >= 0.6 is 11.8 Å². The lowest BCUT2D eigenvalue weighted by atomic mass is 10.2. The fourth-order valence-electron chi connectivity index (χ4n) is 1.76. The number of hydrogen-bond donors (Lipinski definition) is 0. The van der Waals surface area contributed by atoms with Gasteiger partial charge in [0, 0.05) is 22.8 Å². The van der Waals surface area contributed by atoms with Crippen LogP contribution in [-0.2, 0) is 5.75 Å². The largest absolute Gasteiger partial charge is 0.292 e. The molecule has 0 fully saturated rings. The molecule has 1 aromatic carbocycles. The van der Waals surface area contributed by atoms with E-state index in [2.05, 4.69) is 17.1 Å². The number of Topliss-reactive ketones (excluding diaryl/α,β-unsaturated/α-hetero) is 1. The summed E-state index contributed by atoms with van der Waals surface area (Å²) in [5.74, 6) is 0.967. The van der Waals surface area contributed by atoms with Crippen LogP contribution in [-0.4, -0.2) is 10.8 Å². The number of thioether (sulfide) groups is 1. The minimum absolute atomic E-state index is 0.110. The first-order valence-corrected chi connectivity index (χ1v) is 7.37. The van der Waals surface area contributed by atoms with E-state index in [1.165, 1.54) is 5.56 Å². The monoisotopic (exact) mass is 271 g/mol. The van der Waals surface area contributed by atoms with Crippen LogP contribution in [0.1, 0.15) is 35.1 Å². The Morgan fingerprint density at radius 2 is 1.89 bits per heavy atom. The van der Waals surface area contributed by atoms with Crippen molar-refractivity contribution in [1.29, 1.82) is 0 Å². The Morgan fingerprint density at radius 1 is 1.16 bits per heavy atom. The molecule has 0 aliphatic rings. The number of nitrogens with zero attached hydrogens (tertiary/aromatic N) is 1. The van der Waals surface area contributed by atoms with Gasteiger partial charge in [-0.1, -0.05) is 37.3 Å². The van der Waals surface area contributed by atoms with Gasteiger partial charge < -0.3 is 0 Å². The van der Waals surface area contributed by atoms with Crippen LogP contribution in [0.2, 0.25) is 0 Å². The Balaban J connectivity index is 2.18. The molecule has 0 aliphatic carbocycles. The fraction of sp³-hybridized carbons (Fsp3) is 0.250. The van der Waals surface area contributed by atoms with Gasteiger partial charge >= 0.3 is 0 Å². The molecule has 1 aromatic heterocycles. The minimum atomic E-state index is 0.110. The third kappa shape index (κ3) is 3.67. The van der Waals surface area contributed by atoms with Crippen molar-refractivity contribution < 1.29 is 4.79 Å². The predicted molar refractivity (Wildman–Crippen MR) is 79.6 cm³/mol. The second-order valence-corrected chi connectivity index (χ2v) is 5.37. The Labute approximate surface area is 118 Å². The Kier molecular flexibility index (Phi) is 4.74. The molecular weight excluding hydrogens is 254 g/mol. The minimum Gasteiger partial charge on any atom is -0.292 e. The number of carbonyl (C=O) groups excluding carboxylic acids is 1. The number of ketones is 1. The molecular formula is C16H17NOS. The van der Waals surface area contributed by atoms with E-state index in [9.17, 15) is 4.79 Å². The molecule has 0 atom stereocenters. The lowest BCUT2D eigenvalue weighted by Gasteiger charge is -2.08. The Hall–Kier alpha value is -1.61. The van der Waals surface area contributed by atoms with Crippen LogP contribution in [0, 0.1) is 6.92 Å². The van der Waals surface area contributed by atoms with E-state index in [1.54, 1.807) is 11.8 Å². The van der Waals surface area contributed by atoms with Crippen molar-refractivity contribution in [3.63, 3.8) is 0 Å². The van der Waals surface area contributed by atoms with Crippen LogP contribution in [0.3, 0.4) is 0 Å². The average molecular weight is 271 g/mol. The normalized spacial score (nSPS) is 10.4.